The Morgan fingerprint density at radius 2 is 1.58 bits per heavy atom. The molecule has 106 valence electrons. The fraction of sp³-hybridized carbons (Fsp3) is 0.600. The van der Waals surface area contributed by atoms with Crippen LogP contribution >= 0.6 is 23.2 Å². The summed E-state index contributed by atoms with van der Waals surface area (Å²) in [6.45, 7) is 11.1. The van der Waals surface area contributed by atoms with Crippen LogP contribution in [0.4, 0.5) is 5.69 Å². The van der Waals surface area contributed by atoms with Gasteiger partial charge in [-0.15, -0.1) is 0 Å². The summed E-state index contributed by atoms with van der Waals surface area (Å²) >= 11 is 12.1. The van der Waals surface area contributed by atoms with Gasteiger partial charge in [-0.1, -0.05) is 50.9 Å². The summed E-state index contributed by atoms with van der Waals surface area (Å²) in [5.74, 6) is 0.708. The molecule has 0 unspecified atom stereocenters. The Morgan fingerprint density at radius 3 is 2.00 bits per heavy atom. The van der Waals surface area contributed by atoms with Gasteiger partial charge >= 0.3 is 0 Å². The van der Waals surface area contributed by atoms with Gasteiger partial charge in [0.05, 0.1) is 15.7 Å². The molecule has 0 amide bonds. The van der Waals surface area contributed by atoms with E-state index in [-0.39, 0.29) is 0 Å². The topological polar surface area (TPSA) is 38.0 Å². The summed E-state index contributed by atoms with van der Waals surface area (Å²) in [6, 6.07) is 3.75. The summed E-state index contributed by atoms with van der Waals surface area (Å²) < 4.78 is 0. The summed E-state index contributed by atoms with van der Waals surface area (Å²) in [5.41, 5.74) is 8.08. The Morgan fingerprint density at radius 1 is 1.11 bits per heavy atom. The molecule has 0 atom stereocenters. The largest absolute Gasteiger partial charge is 0.396 e. The molecule has 0 bridgehead atoms. The van der Waals surface area contributed by atoms with Crippen molar-refractivity contribution < 1.29 is 0 Å². The SMILES string of the molecule is CC1(C)C(CNCc2cc(Cl)c(N)c(Cl)c2)C1(C)C. The first-order chi connectivity index (χ1) is 8.68. The number of anilines is 1. The second-order valence-corrected chi connectivity index (χ2v) is 7.41. The van der Waals surface area contributed by atoms with Gasteiger partial charge in [-0.2, -0.15) is 0 Å². The van der Waals surface area contributed by atoms with Gasteiger partial charge in [0, 0.05) is 6.54 Å². The highest BCUT2D eigenvalue weighted by molar-refractivity contribution is 6.38. The van der Waals surface area contributed by atoms with E-state index in [1.807, 2.05) is 12.1 Å². The lowest BCUT2D eigenvalue weighted by Crippen LogP contribution is -2.19. The first kappa shape index (κ1) is 15.0. The molecule has 2 nitrogen and oxygen atoms in total. The van der Waals surface area contributed by atoms with Crippen LogP contribution in [0.2, 0.25) is 10.0 Å². The van der Waals surface area contributed by atoms with Crippen molar-refractivity contribution in [2.75, 3.05) is 12.3 Å². The predicted molar refractivity (Wildman–Crippen MR) is 83.6 cm³/mol. The fourth-order valence-electron chi connectivity index (χ4n) is 2.94. The number of benzene rings is 1. The molecule has 0 aliphatic heterocycles. The molecule has 0 aromatic heterocycles. The van der Waals surface area contributed by atoms with E-state index < -0.39 is 0 Å². The fourth-order valence-corrected chi connectivity index (χ4v) is 3.48. The molecule has 1 fully saturated rings. The molecule has 1 aromatic carbocycles. The summed E-state index contributed by atoms with van der Waals surface area (Å²) in [6.07, 6.45) is 0. The van der Waals surface area contributed by atoms with E-state index in [9.17, 15) is 0 Å². The molecule has 3 N–H and O–H groups in total. The van der Waals surface area contributed by atoms with E-state index in [1.165, 1.54) is 0 Å². The zero-order valence-corrected chi connectivity index (χ0v) is 13.5. The van der Waals surface area contributed by atoms with E-state index in [0.717, 1.165) is 18.7 Å². The van der Waals surface area contributed by atoms with E-state index >= 15 is 0 Å². The molecule has 1 aromatic rings. The Labute approximate surface area is 125 Å². The molecular weight excluding hydrogens is 279 g/mol. The maximum atomic E-state index is 6.03. The molecular formula is C15H22Cl2N2. The van der Waals surface area contributed by atoms with Crippen molar-refractivity contribution in [1.29, 1.82) is 0 Å². The van der Waals surface area contributed by atoms with Crippen molar-refractivity contribution in [1.82, 2.24) is 5.32 Å². The third-order valence-electron chi connectivity index (χ3n) is 5.14. The second-order valence-electron chi connectivity index (χ2n) is 6.60. The minimum absolute atomic E-state index is 0.413. The molecule has 0 spiro atoms. The number of nitrogen functional groups attached to an aromatic ring is 1. The molecule has 0 saturated heterocycles. The molecule has 1 aliphatic carbocycles. The van der Waals surface area contributed by atoms with Gasteiger partial charge in [0.25, 0.3) is 0 Å². The first-order valence-electron chi connectivity index (χ1n) is 6.62. The Bertz CT molecular complexity index is 458. The lowest BCUT2D eigenvalue weighted by molar-refractivity contribution is 0.457. The second kappa shape index (κ2) is 4.83. The Balaban J connectivity index is 1.91. The van der Waals surface area contributed by atoms with Gasteiger partial charge in [-0.25, -0.2) is 0 Å². The Hall–Kier alpha value is -0.440. The number of nitrogens with two attached hydrogens (primary N) is 1. The van der Waals surface area contributed by atoms with Gasteiger partial charge in [-0.3, -0.25) is 0 Å². The minimum atomic E-state index is 0.413. The average molecular weight is 301 g/mol. The highest BCUT2D eigenvalue weighted by atomic mass is 35.5. The highest BCUT2D eigenvalue weighted by Crippen LogP contribution is 2.67. The lowest BCUT2D eigenvalue weighted by Gasteiger charge is -2.09. The number of nitrogens with one attached hydrogen (secondary N) is 1. The van der Waals surface area contributed by atoms with Gasteiger partial charge in [0.1, 0.15) is 0 Å². The predicted octanol–water partition coefficient (Wildman–Crippen LogP) is 4.35. The van der Waals surface area contributed by atoms with E-state index in [2.05, 4.69) is 33.0 Å². The molecule has 1 saturated carbocycles. The van der Waals surface area contributed by atoms with Crippen LogP contribution in [0, 0.1) is 16.7 Å². The van der Waals surface area contributed by atoms with E-state index in [4.69, 9.17) is 28.9 Å². The molecule has 1 aliphatic rings. The van der Waals surface area contributed by atoms with Crippen LogP contribution in [-0.2, 0) is 6.54 Å². The van der Waals surface area contributed by atoms with Crippen molar-refractivity contribution in [2.45, 2.75) is 34.2 Å². The summed E-state index contributed by atoms with van der Waals surface area (Å²) in [4.78, 5) is 0. The van der Waals surface area contributed by atoms with E-state index in [0.29, 0.717) is 32.5 Å². The average Bonchev–Trinajstić information content (AvgIpc) is 2.68. The molecule has 2 rings (SSSR count). The third-order valence-corrected chi connectivity index (χ3v) is 5.76. The normalized spacial score (nSPS) is 20.5. The van der Waals surface area contributed by atoms with Crippen molar-refractivity contribution in [3.8, 4) is 0 Å². The smallest absolute Gasteiger partial charge is 0.0693 e. The van der Waals surface area contributed by atoms with Crippen molar-refractivity contribution >= 4 is 28.9 Å². The maximum Gasteiger partial charge on any atom is 0.0693 e. The van der Waals surface area contributed by atoms with Gasteiger partial charge < -0.3 is 11.1 Å². The number of halogens is 2. The number of rotatable bonds is 4. The van der Waals surface area contributed by atoms with Crippen molar-refractivity contribution in [3.05, 3.63) is 27.7 Å². The lowest BCUT2D eigenvalue weighted by atomic mass is 10.0. The number of hydrogen-bond donors (Lipinski definition) is 2. The first-order valence-corrected chi connectivity index (χ1v) is 7.37. The van der Waals surface area contributed by atoms with Gasteiger partial charge in [0.15, 0.2) is 0 Å². The van der Waals surface area contributed by atoms with E-state index in [1.54, 1.807) is 0 Å². The van der Waals surface area contributed by atoms with Crippen LogP contribution in [0.25, 0.3) is 0 Å². The zero-order chi connectivity index (χ0) is 14.4. The van der Waals surface area contributed by atoms with Gasteiger partial charge in [-0.05, 0) is 41.0 Å². The van der Waals surface area contributed by atoms with Crippen LogP contribution in [0.5, 0.6) is 0 Å². The molecule has 0 heterocycles. The molecule has 4 heteroatoms. The van der Waals surface area contributed by atoms with Crippen LogP contribution in [0.3, 0.4) is 0 Å². The monoisotopic (exact) mass is 300 g/mol. The van der Waals surface area contributed by atoms with Crippen LogP contribution in [0.1, 0.15) is 33.3 Å². The summed E-state index contributed by atoms with van der Waals surface area (Å²) in [5, 5.41) is 4.54. The van der Waals surface area contributed by atoms with Crippen LogP contribution in [-0.4, -0.2) is 6.54 Å². The minimum Gasteiger partial charge on any atom is -0.396 e. The third kappa shape index (κ3) is 2.58. The molecule has 0 radical (unpaired) electrons. The highest BCUT2D eigenvalue weighted by Gasteiger charge is 2.63. The quantitative estimate of drug-likeness (QED) is 0.812. The molecule has 19 heavy (non-hydrogen) atoms. The van der Waals surface area contributed by atoms with Crippen LogP contribution < -0.4 is 11.1 Å². The number of hydrogen-bond acceptors (Lipinski definition) is 2. The standard InChI is InChI=1S/C15H22Cl2N2/c1-14(2)12(15(14,3)4)8-19-7-9-5-10(16)13(18)11(17)6-9/h5-6,12,19H,7-8,18H2,1-4H3. The van der Waals surface area contributed by atoms with Gasteiger partial charge in [0.2, 0.25) is 0 Å². The zero-order valence-electron chi connectivity index (χ0n) is 12.0. The van der Waals surface area contributed by atoms with Crippen molar-refractivity contribution in [3.63, 3.8) is 0 Å². The van der Waals surface area contributed by atoms with Crippen LogP contribution in [0.15, 0.2) is 12.1 Å². The summed E-state index contributed by atoms with van der Waals surface area (Å²) in [7, 11) is 0. The Kier molecular flexibility index (Phi) is 3.81. The van der Waals surface area contributed by atoms with Crippen molar-refractivity contribution in [2.24, 2.45) is 16.7 Å². The maximum absolute atomic E-state index is 6.03.